The van der Waals surface area contributed by atoms with Gasteiger partial charge in [0.15, 0.2) is 0 Å². The highest BCUT2D eigenvalue weighted by molar-refractivity contribution is 7.89. The molecule has 0 unspecified atom stereocenters. The largest absolute Gasteiger partial charge is 0.381 e. The fourth-order valence-electron chi connectivity index (χ4n) is 3.84. The van der Waals surface area contributed by atoms with Gasteiger partial charge in [-0.3, -0.25) is 4.79 Å². The Morgan fingerprint density at radius 1 is 1.23 bits per heavy atom. The highest BCUT2D eigenvalue weighted by Gasteiger charge is 2.31. The average Bonchev–Trinajstić information content (AvgIpc) is 2.68. The number of sulfonamides is 1. The van der Waals surface area contributed by atoms with E-state index in [9.17, 15) is 13.2 Å². The molecule has 3 rings (SSSR count). The van der Waals surface area contributed by atoms with Crippen LogP contribution in [0.4, 0.5) is 5.69 Å². The van der Waals surface area contributed by atoms with Crippen LogP contribution in [0.3, 0.4) is 0 Å². The van der Waals surface area contributed by atoms with Crippen molar-refractivity contribution in [2.75, 3.05) is 37.7 Å². The maximum Gasteiger partial charge on any atom is 0.243 e. The number of nitrogens with zero attached hydrogens (tertiary/aromatic N) is 2. The van der Waals surface area contributed by atoms with Gasteiger partial charge in [0.05, 0.1) is 4.90 Å². The van der Waals surface area contributed by atoms with Crippen LogP contribution in [0.15, 0.2) is 23.1 Å². The van der Waals surface area contributed by atoms with Gasteiger partial charge in [-0.05, 0) is 49.4 Å². The van der Waals surface area contributed by atoms with E-state index in [1.807, 2.05) is 24.8 Å². The van der Waals surface area contributed by atoms with Crippen LogP contribution in [0, 0.1) is 5.92 Å². The van der Waals surface area contributed by atoms with Gasteiger partial charge in [-0.1, -0.05) is 13.8 Å². The third-order valence-electron chi connectivity index (χ3n) is 5.35. The van der Waals surface area contributed by atoms with E-state index in [1.165, 1.54) is 4.31 Å². The quantitative estimate of drug-likeness (QED) is 0.787. The number of rotatable bonds is 5. The zero-order chi connectivity index (χ0) is 18.7. The maximum absolute atomic E-state index is 12.9. The Labute approximate surface area is 156 Å². The van der Waals surface area contributed by atoms with Gasteiger partial charge in [-0.15, -0.1) is 0 Å². The molecule has 2 aliphatic heterocycles. The monoisotopic (exact) mass is 380 g/mol. The molecule has 1 aromatic rings. The Morgan fingerprint density at radius 3 is 2.58 bits per heavy atom. The lowest BCUT2D eigenvalue weighted by Crippen LogP contribution is -2.41. The second kappa shape index (κ2) is 8.06. The summed E-state index contributed by atoms with van der Waals surface area (Å²) in [5.41, 5.74) is 1.82. The van der Waals surface area contributed by atoms with Crippen molar-refractivity contribution in [2.45, 2.75) is 44.4 Å². The number of carbonyl (C=O) groups is 1. The SMILES string of the molecule is CCN(CC)S(=O)(=O)c1ccc2c(c1)CCCN2C(=O)C1CCOCC1. The van der Waals surface area contributed by atoms with Crippen LogP contribution >= 0.6 is 0 Å². The van der Waals surface area contributed by atoms with Crippen LogP contribution < -0.4 is 4.90 Å². The number of hydrogen-bond acceptors (Lipinski definition) is 4. The molecule has 0 spiro atoms. The van der Waals surface area contributed by atoms with Crippen LogP contribution in [-0.4, -0.2) is 51.5 Å². The molecule has 2 heterocycles. The summed E-state index contributed by atoms with van der Waals surface area (Å²) in [6.45, 7) is 6.55. The lowest BCUT2D eigenvalue weighted by atomic mass is 9.95. The van der Waals surface area contributed by atoms with E-state index in [1.54, 1.807) is 12.1 Å². The fraction of sp³-hybridized carbons (Fsp3) is 0.632. The molecule has 1 saturated heterocycles. The van der Waals surface area contributed by atoms with E-state index >= 15 is 0 Å². The Morgan fingerprint density at radius 2 is 1.92 bits per heavy atom. The minimum absolute atomic E-state index is 0.00813. The molecular weight excluding hydrogens is 352 g/mol. The predicted molar refractivity (Wildman–Crippen MR) is 101 cm³/mol. The fourth-order valence-corrected chi connectivity index (χ4v) is 5.35. The van der Waals surface area contributed by atoms with E-state index in [0.29, 0.717) is 37.7 Å². The minimum atomic E-state index is -3.48. The van der Waals surface area contributed by atoms with Crippen LogP contribution in [0.5, 0.6) is 0 Å². The average molecular weight is 381 g/mol. The van der Waals surface area contributed by atoms with E-state index < -0.39 is 10.0 Å². The summed E-state index contributed by atoms with van der Waals surface area (Å²) in [5.74, 6) is 0.155. The summed E-state index contributed by atoms with van der Waals surface area (Å²) in [6, 6.07) is 5.20. The maximum atomic E-state index is 12.9. The van der Waals surface area contributed by atoms with Gasteiger partial charge in [-0.2, -0.15) is 4.31 Å². The Balaban J connectivity index is 1.89. The molecule has 1 fully saturated rings. The normalized spacial score (nSPS) is 18.8. The zero-order valence-electron chi connectivity index (χ0n) is 15.6. The molecule has 0 radical (unpaired) electrons. The topological polar surface area (TPSA) is 66.9 Å². The van der Waals surface area contributed by atoms with Gasteiger partial charge in [0.1, 0.15) is 0 Å². The highest BCUT2D eigenvalue weighted by atomic mass is 32.2. The second-order valence-corrected chi connectivity index (χ2v) is 8.80. The molecular formula is C19H28N2O4S. The minimum Gasteiger partial charge on any atom is -0.381 e. The lowest BCUT2D eigenvalue weighted by Gasteiger charge is -2.34. The molecule has 26 heavy (non-hydrogen) atoms. The molecule has 0 N–H and O–H groups in total. The summed E-state index contributed by atoms with van der Waals surface area (Å²) in [5, 5.41) is 0. The summed E-state index contributed by atoms with van der Waals surface area (Å²) >= 11 is 0. The summed E-state index contributed by atoms with van der Waals surface area (Å²) in [4.78, 5) is 15.1. The molecule has 6 nitrogen and oxygen atoms in total. The molecule has 0 bridgehead atoms. The van der Waals surface area contributed by atoms with E-state index in [2.05, 4.69) is 0 Å². The van der Waals surface area contributed by atoms with Crippen molar-refractivity contribution in [1.29, 1.82) is 0 Å². The highest BCUT2D eigenvalue weighted by Crippen LogP contribution is 2.32. The van der Waals surface area contributed by atoms with Crippen molar-refractivity contribution in [3.8, 4) is 0 Å². The zero-order valence-corrected chi connectivity index (χ0v) is 16.4. The van der Waals surface area contributed by atoms with Gasteiger partial charge in [0, 0.05) is 44.5 Å². The first kappa shape index (κ1) is 19.3. The summed E-state index contributed by atoms with van der Waals surface area (Å²) in [7, 11) is -3.48. The number of amides is 1. The molecule has 0 aromatic heterocycles. The molecule has 144 valence electrons. The first-order chi connectivity index (χ1) is 12.5. The molecule has 1 amide bonds. The third-order valence-corrected chi connectivity index (χ3v) is 7.40. The van der Waals surface area contributed by atoms with Crippen molar-refractivity contribution < 1.29 is 17.9 Å². The first-order valence-electron chi connectivity index (χ1n) is 9.51. The molecule has 2 aliphatic rings. The lowest BCUT2D eigenvalue weighted by molar-refractivity contribution is -0.125. The molecule has 1 aromatic carbocycles. The number of fused-ring (bicyclic) bond motifs is 1. The van der Waals surface area contributed by atoms with E-state index in [-0.39, 0.29) is 11.8 Å². The van der Waals surface area contributed by atoms with E-state index in [0.717, 1.165) is 36.9 Å². The number of anilines is 1. The van der Waals surface area contributed by atoms with Crippen LogP contribution in [0.25, 0.3) is 0 Å². The molecule has 0 saturated carbocycles. The number of aryl methyl sites for hydroxylation is 1. The standard InChI is InChI=1S/C19H28N2O4S/c1-3-20(4-2)26(23,24)17-7-8-18-16(14-17)6-5-11-21(18)19(22)15-9-12-25-13-10-15/h7-8,14-15H,3-6,9-13H2,1-2H3. The van der Waals surface area contributed by atoms with Crippen molar-refractivity contribution in [2.24, 2.45) is 5.92 Å². The summed E-state index contributed by atoms with van der Waals surface area (Å²) in [6.07, 6.45) is 3.18. The smallest absolute Gasteiger partial charge is 0.243 e. The van der Waals surface area contributed by atoms with Crippen LogP contribution in [-0.2, 0) is 26.0 Å². The van der Waals surface area contributed by atoms with Gasteiger partial charge >= 0.3 is 0 Å². The third kappa shape index (κ3) is 3.66. The Kier molecular flexibility index (Phi) is 5.99. The number of carbonyl (C=O) groups excluding carboxylic acids is 1. The number of ether oxygens (including phenoxy) is 1. The van der Waals surface area contributed by atoms with Gasteiger partial charge in [0.2, 0.25) is 15.9 Å². The Hall–Kier alpha value is -1.44. The Bertz CT molecular complexity index is 753. The van der Waals surface area contributed by atoms with Crippen molar-refractivity contribution in [3.05, 3.63) is 23.8 Å². The predicted octanol–water partition coefficient (Wildman–Crippen LogP) is 2.42. The van der Waals surface area contributed by atoms with Gasteiger partial charge < -0.3 is 9.64 Å². The molecule has 7 heteroatoms. The van der Waals surface area contributed by atoms with Crippen molar-refractivity contribution >= 4 is 21.6 Å². The van der Waals surface area contributed by atoms with Crippen molar-refractivity contribution in [1.82, 2.24) is 4.31 Å². The van der Waals surface area contributed by atoms with Crippen molar-refractivity contribution in [3.63, 3.8) is 0 Å². The van der Waals surface area contributed by atoms with E-state index in [4.69, 9.17) is 4.74 Å². The van der Waals surface area contributed by atoms with Crippen LogP contribution in [0.2, 0.25) is 0 Å². The van der Waals surface area contributed by atoms with Gasteiger partial charge in [0.25, 0.3) is 0 Å². The molecule has 0 aliphatic carbocycles. The van der Waals surface area contributed by atoms with Gasteiger partial charge in [-0.25, -0.2) is 8.42 Å². The number of benzene rings is 1. The second-order valence-electron chi connectivity index (χ2n) is 6.86. The van der Waals surface area contributed by atoms with Crippen LogP contribution in [0.1, 0.15) is 38.7 Å². The molecule has 0 atom stereocenters. The first-order valence-corrected chi connectivity index (χ1v) is 10.9. The summed E-state index contributed by atoms with van der Waals surface area (Å²) < 4.78 is 32.4. The number of hydrogen-bond donors (Lipinski definition) is 0.